The van der Waals surface area contributed by atoms with E-state index in [1.807, 2.05) is 44.0 Å². The monoisotopic (exact) mass is 432 g/mol. The van der Waals surface area contributed by atoms with Crippen molar-refractivity contribution in [2.24, 2.45) is 0 Å². The predicted molar refractivity (Wildman–Crippen MR) is 122 cm³/mol. The van der Waals surface area contributed by atoms with E-state index in [4.69, 9.17) is 9.47 Å². The molecule has 0 unspecified atom stereocenters. The van der Waals surface area contributed by atoms with Crippen molar-refractivity contribution in [2.75, 3.05) is 18.5 Å². The van der Waals surface area contributed by atoms with Crippen LogP contribution in [0.4, 0.5) is 5.69 Å². The van der Waals surface area contributed by atoms with E-state index in [9.17, 15) is 14.4 Å². The second-order valence-electron chi connectivity index (χ2n) is 7.76. The third-order valence-electron chi connectivity index (χ3n) is 5.35. The van der Waals surface area contributed by atoms with Crippen molar-refractivity contribution < 1.29 is 23.9 Å². The molecule has 3 aliphatic rings. The Hall–Kier alpha value is -3.74. The van der Waals surface area contributed by atoms with E-state index in [0.29, 0.717) is 40.8 Å². The highest BCUT2D eigenvalue weighted by Gasteiger charge is 2.28. The van der Waals surface area contributed by atoms with Crippen LogP contribution in [-0.4, -0.2) is 36.3 Å². The fourth-order valence-corrected chi connectivity index (χ4v) is 3.86. The van der Waals surface area contributed by atoms with E-state index in [0.717, 1.165) is 30.6 Å². The van der Waals surface area contributed by atoms with Gasteiger partial charge in [-0.05, 0) is 31.0 Å². The van der Waals surface area contributed by atoms with Crippen LogP contribution in [0, 0.1) is 0 Å². The molecule has 164 valence electrons. The lowest BCUT2D eigenvalue weighted by Crippen LogP contribution is -2.21. The maximum Gasteiger partial charge on any atom is 0.336 e. The van der Waals surface area contributed by atoms with Crippen LogP contribution >= 0.6 is 0 Å². The number of Topliss-reactive ketones (excluding diaryl/α,β-unsaturated/α-hetero) is 1. The van der Waals surface area contributed by atoms with Gasteiger partial charge in [0.1, 0.15) is 5.52 Å². The third kappa shape index (κ3) is 3.93. The Kier molecular flexibility index (Phi) is 5.90. The molecule has 0 bridgehead atoms. The molecule has 0 saturated heterocycles. The molecule has 0 radical (unpaired) electrons. The van der Waals surface area contributed by atoms with Crippen LogP contribution in [0.15, 0.2) is 42.5 Å². The van der Waals surface area contributed by atoms with Crippen LogP contribution in [0.25, 0.3) is 22.2 Å². The number of rotatable bonds is 6. The molecule has 0 amide bonds. The Morgan fingerprint density at radius 2 is 1.72 bits per heavy atom. The fourth-order valence-electron chi connectivity index (χ4n) is 3.86. The molecule has 32 heavy (non-hydrogen) atoms. The number of esters is 2. The van der Waals surface area contributed by atoms with Crippen LogP contribution in [0.1, 0.15) is 43.5 Å². The zero-order chi connectivity index (χ0) is 22.8. The van der Waals surface area contributed by atoms with E-state index in [1.54, 1.807) is 12.1 Å². The number of ketones is 1. The standard InChI is InChI=1S/C25H24N2O5/c1-4-7-20(28)15-8-6-9-18-16(13-15)17-14-19(27(3)12-5-2)24-25(23(17)26-18)32-22(30)11-10-21(29)31-24/h6,8-11,13-14H,4-5,7,12H2,1-3H3/b11-10-. The summed E-state index contributed by atoms with van der Waals surface area (Å²) in [5.41, 5.74) is 3.01. The van der Waals surface area contributed by atoms with Crippen molar-refractivity contribution >= 4 is 34.3 Å². The Morgan fingerprint density at radius 1 is 1.00 bits per heavy atom. The summed E-state index contributed by atoms with van der Waals surface area (Å²) in [6.45, 7) is 4.70. The highest BCUT2D eigenvalue weighted by molar-refractivity contribution is 6.08. The van der Waals surface area contributed by atoms with Crippen LogP contribution in [-0.2, 0) is 9.59 Å². The average molecular weight is 432 g/mol. The van der Waals surface area contributed by atoms with E-state index in [1.165, 1.54) is 0 Å². The number of carbonyl (C=O) groups excluding carboxylic acids is 3. The molecule has 0 saturated carbocycles. The van der Waals surface area contributed by atoms with Crippen molar-refractivity contribution in [3.05, 3.63) is 48.0 Å². The van der Waals surface area contributed by atoms with Crippen molar-refractivity contribution in [2.45, 2.75) is 33.1 Å². The van der Waals surface area contributed by atoms with Gasteiger partial charge in [0.2, 0.25) is 5.75 Å². The molecule has 7 nitrogen and oxygen atoms in total. The number of benzene rings is 1. The second kappa shape index (κ2) is 8.78. The average Bonchev–Trinajstić information content (AvgIpc) is 2.95. The topological polar surface area (TPSA) is 85.8 Å². The Bertz CT molecular complexity index is 1230. The van der Waals surface area contributed by atoms with Gasteiger partial charge in [0.25, 0.3) is 0 Å². The molecule has 1 aliphatic carbocycles. The summed E-state index contributed by atoms with van der Waals surface area (Å²) in [5, 5.41) is 0.715. The number of anilines is 1. The number of hydrogen-bond acceptors (Lipinski definition) is 7. The van der Waals surface area contributed by atoms with Crippen molar-refractivity contribution in [1.29, 1.82) is 0 Å². The molecule has 2 heterocycles. The van der Waals surface area contributed by atoms with Gasteiger partial charge in [0.15, 0.2) is 11.5 Å². The SMILES string of the molecule is CCCC(=O)c1cccc2nc3c4c(c(N(C)CCC)cc3c-2c1)OC(=O)/C=C\C(=O)O4. The molecular weight excluding hydrogens is 408 g/mol. The van der Waals surface area contributed by atoms with Gasteiger partial charge in [-0.25, -0.2) is 14.6 Å². The molecule has 0 spiro atoms. The van der Waals surface area contributed by atoms with Gasteiger partial charge in [-0.3, -0.25) is 4.79 Å². The maximum absolute atomic E-state index is 12.6. The predicted octanol–water partition coefficient (Wildman–Crippen LogP) is 4.55. The Labute approximate surface area is 186 Å². The third-order valence-corrected chi connectivity index (χ3v) is 5.35. The van der Waals surface area contributed by atoms with Crippen LogP contribution in [0.3, 0.4) is 0 Å². The second-order valence-corrected chi connectivity index (χ2v) is 7.76. The van der Waals surface area contributed by atoms with E-state index >= 15 is 0 Å². The van der Waals surface area contributed by atoms with E-state index in [2.05, 4.69) is 4.98 Å². The Morgan fingerprint density at radius 3 is 2.41 bits per heavy atom. The van der Waals surface area contributed by atoms with Gasteiger partial charge in [-0.15, -0.1) is 0 Å². The summed E-state index contributed by atoms with van der Waals surface area (Å²) in [4.78, 5) is 43.7. The lowest BCUT2D eigenvalue weighted by Gasteiger charge is -2.23. The largest absolute Gasteiger partial charge is 0.417 e. The molecule has 7 heteroatoms. The number of ether oxygens (including phenoxy) is 2. The van der Waals surface area contributed by atoms with Crippen molar-refractivity contribution in [3.63, 3.8) is 0 Å². The molecular formula is C25H24N2O5. The number of aromatic nitrogens is 1. The summed E-state index contributed by atoms with van der Waals surface area (Å²) in [6, 6.07) is 9.10. The molecule has 0 N–H and O–H groups in total. The highest BCUT2D eigenvalue weighted by Crippen LogP contribution is 2.47. The van der Waals surface area contributed by atoms with Gasteiger partial charge >= 0.3 is 11.9 Å². The summed E-state index contributed by atoms with van der Waals surface area (Å²) in [5.74, 6) is -1.03. The van der Waals surface area contributed by atoms with Gasteiger partial charge in [0, 0.05) is 48.7 Å². The highest BCUT2D eigenvalue weighted by atomic mass is 16.6. The smallest absolute Gasteiger partial charge is 0.336 e. The summed E-state index contributed by atoms with van der Waals surface area (Å²) < 4.78 is 11.1. The number of nitrogens with zero attached hydrogens (tertiary/aromatic N) is 2. The van der Waals surface area contributed by atoms with Crippen LogP contribution in [0.5, 0.6) is 11.5 Å². The van der Waals surface area contributed by atoms with E-state index in [-0.39, 0.29) is 17.3 Å². The number of carbonyl (C=O) groups is 3. The molecule has 4 rings (SSSR count). The first kappa shape index (κ1) is 21.5. The Balaban J connectivity index is 2.04. The zero-order valence-electron chi connectivity index (χ0n) is 18.3. The summed E-state index contributed by atoms with van der Waals surface area (Å²) in [7, 11) is 1.88. The minimum Gasteiger partial charge on any atom is -0.417 e. The number of hydrogen-bond donors (Lipinski definition) is 0. The molecule has 0 fully saturated rings. The minimum absolute atomic E-state index is 0.0550. The minimum atomic E-state index is -0.684. The lowest BCUT2D eigenvalue weighted by atomic mass is 10.0. The van der Waals surface area contributed by atoms with Gasteiger partial charge < -0.3 is 14.4 Å². The summed E-state index contributed by atoms with van der Waals surface area (Å²) >= 11 is 0. The van der Waals surface area contributed by atoms with Gasteiger partial charge in [-0.1, -0.05) is 26.0 Å². The number of fused-ring (bicyclic) bond motifs is 5. The molecule has 2 aliphatic heterocycles. The molecule has 1 aromatic carbocycles. The van der Waals surface area contributed by atoms with E-state index < -0.39 is 11.9 Å². The molecule has 0 aromatic heterocycles. The first-order valence-electron chi connectivity index (χ1n) is 10.7. The molecule has 0 atom stereocenters. The lowest BCUT2D eigenvalue weighted by molar-refractivity contribution is -0.133. The quantitative estimate of drug-likeness (QED) is 0.321. The first-order valence-corrected chi connectivity index (χ1v) is 10.7. The van der Waals surface area contributed by atoms with Gasteiger partial charge in [-0.2, -0.15) is 0 Å². The first-order chi connectivity index (χ1) is 15.4. The normalized spacial score (nSPS) is 14.3. The van der Waals surface area contributed by atoms with Crippen LogP contribution < -0.4 is 14.4 Å². The van der Waals surface area contributed by atoms with Crippen molar-refractivity contribution in [1.82, 2.24) is 4.98 Å². The zero-order valence-corrected chi connectivity index (χ0v) is 18.3. The van der Waals surface area contributed by atoms with Crippen LogP contribution in [0.2, 0.25) is 0 Å². The van der Waals surface area contributed by atoms with Crippen molar-refractivity contribution in [3.8, 4) is 22.8 Å². The fraction of sp³-hybridized carbons (Fsp3) is 0.280. The summed E-state index contributed by atoms with van der Waals surface area (Å²) in [6.07, 6.45) is 4.15. The molecule has 1 aromatic rings. The van der Waals surface area contributed by atoms with Gasteiger partial charge in [0.05, 0.1) is 11.4 Å². The maximum atomic E-state index is 12.6.